The van der Waals surface area contributed by atoms with E-state index in [1.165, 1.54) is 18.2 Å². The van der Waals surface area contributed by atoms with Gasteiger partial charge >= 0.3 is 0 Å². The van der Waals surface area contributed by atoms with Crippen molar-refractivity contribution in [2.45, 2.75) is 0 Å². The minimum atomic E-state index is -0.600. The molecule has 0 aliphatic rings. The highest BCUT2D eigenvalue weighted by molar-refractivity contribution is 6.32. The van der Waals surface area contributed by atoms with Crippen molar-refractivity contribution in [3.05, 3.63) is 38.9 Å². The Hall–Kier alpha value is -1.62. The quantitative estimate of drug-likeness (QED) is 0.344. The second-order valence-electron chi connectivity index (χ2n) is 2.21. The fourth-order valence-corrected chi connectivity index (χ4v) is 1.00. The SMILES string of the molecule is O=[N+]([O-])c1cc(/C=N/O)ccc1Cl. The van der Waals surface area contributed by atoms with E-state index in [1.54, 1.807) is 0 Å². The Morgan fingerprint density at radius 2 is 2.31 bits per heavy atom. The van der Waals surface area contributed by atoms with Gasteiger partial charge in [0.1, 0.15) is 5.02 Å². The van der Waals surface area contributed by atoms with Crippen LogP contribution in [0.3, 0.4) is 0 Å². The normalized spacial score (nSPS) is 10.5. The van der Waals surface area contributed by atoms with Crippen LogP contribution in [0.4, 0.5) is 5.69 Å². The van der Waals surface area contributed by atoms with Gasteiger partial charge in [0.25, 0.3) is 5.69 Å². The number of nitrogens with zero attached hydrogens (tertiary/aromatic N) is 2. The Morgan fingerprint density at radius 1 is 1.62 bits per heavy atom. The van der Waals surface area contributed by atoms with Crippen LogP contribution >= 0.6 is 11.6 Å². The molecule has 1 aromatic carbocycles. The summed E-state index contributed by atoms with van der Waals surface area (Å²) in [7, 11) is 0. The molecule has 0 aliphatic heterocycles. The first-order valence-corrected chi connectivity index (χ1v) is 3.64. The molecule has 0 spiro atoms. The fraction of sp³-hybridized carbons (Fsp3) is 0. The first-order valence-electron chi connectivity index (χ1n) is 3.26. The monoisotopic (exact) mass is 200 g/mol. The largest absolute Gasteiger partial charge is 0.411 e. The van der Waals surface area contributed by atoms with E-state index in [1.807, 2.05) is 0 Å². The fourth-order valence-electron chi connectivity index (χ4n) is 0.817. The first kappa shape index (κ1) is 9.47. The molecule has 0 amide bonds. The second-order valence-corrected chi connectivity index (χ2v) is 2.62. The van der Waals surface area contributed by atoms with Crippen LogP contribution in [0.1, 0.15) is 5.56 Å². The Morgan fingerprint density at radius 3 is 2.85 bits per heavy atom. The van der Waals surface area contributed by atoms with Crippen LogP contribution in [0.15, 0.2) is 23.4 Å². The van der Waals surface area contributed by atoms with Crippen molar-refractivity contribution >= 4 is 23.5 Å². The summed E-state index contributed by atoms with van der Waals surface area (Å²) in [5.74, 6) is 0. The van der Waals surface area contributed by atoms with Crippen LogP contribution in [0.2, 0.25) is 5.02 Å². The van der Waals surface area contributed by atoms with Gasteiger partial charge in [0.05, 0.1) is 11.1 Å². The minimum Gasteiger partial charge on any atom is -0.411 e. The van der Waals surface area contributed by atoms with Crippen molar-refractivity contribution < 1.29 is 10.1 Å². The average molecular weight is 201 g/mol. The highest BCUT2D eigenvalue weighted by Gasteiger charge is 2.11. The molecule has 1 rings (SSSR count). The second kappa shape index (κ2) is 3.86. The van der Waals surface area contributed by atoms with E-state index < -0.39 is 4.92 Å². The molecule has 0 aromatic heterocycles. The lowest BCUT2D eigenvalue weighted by Gasteiger charge is -1.95. The van der Waals surface area contributed by atoms with Gasteiger partial charge < -0.3 is 5.21 Å². The lowest BCUT2D eigenvalue weighted by Crippen LogP contribution is -1.91. The van der Waals surface area contributed by atoms with E-state index in [0.29, 0.717) is 5.56 Å². The third-order valence-electron chi connectivity index (χ3n) is 1.37. The third-order valence-corrected chi connectivity index (χ3v) is 1.69. The molecule has 0 unspecified atom stereocenters. The van der Waals surface area contributed by atoms with E-state index in [4.69, 9.17) is 16.8 Å². The predicted molar refractivity (Wildman–Crippen MR) is 47.5 cm³/mol. The molecule has 0 atom stereocenters. The summed E-state index contributed by atoms with van der Waals surface area (Å²) in [5, 5.41) is 21.4. The Labute approximate surface area is 78.4 Å². The van der Waals surface area contributed by atoms with Crippen molar-refractivity contribution in [1.82, 2.24) is 0 Å². The third kappa shape index (κ3) is 2.16. The molecular formula is C7H5ClN2O3. The van der Waals surface area contributed by atoms with Gasteiger partial charge in [-0.2, -0.15) is 0 Å². The molecular weight excluding hydrogens is 196 g/mol. The Kier molecular flexibility index (Phi) is 2.81. The average Bonchev–Trinajstić information content (AvgIpc) is 2.08. The summed E-state index contributed by atoms with van der Waals surface area (Å²) in [5.41, 5.74) is 0.206. The summed E-state index contributed by atoms with van der Waals surface area (Å²) in [6.45, 7) is 0. The first-order chi connectivity index (χ1) is 6.15. The Bertz CT molecular complexity index is 365. The zero-order chi connectivity index (χ0) is 9.84. The van der Waals surface area contributed by atoms with Crippen LogP contribution in [-0.2, 0) is 0 Å². The topological polar surface area (TPSA) is 75.7 Å². The number of benzene rings is 1. The van der Waals surface area contributed by atoms with Gasteiger partial charge in [-0.05, 0) is 6.07 Å². The zero-order valence-corrected chi connectivity index (χ0v) is 7.10. The molecule has 0 saturated heterocycles. The molecule has 0 saturated carbocycles. The molecule has 0 fully saturated rings. The van der Waals surface area contributed by atoms with Gasteiger partial charge in [0.2, 0.25) is 0 Å². The summed E-state index contributed by atoms with van der Waals surface area (Å²) >= 11 is 5.54. The number of hydrogen-bond donors (Lipinski definition) is 1. The molecule has 13 heavy (non-hydrogen) atoms. The number of oxime groups is 1. The number of nitro groups is 1. The highest BCUT2D eigenvalue weighted by atomic mass is 35.5. The molecule has 68 valence electrons. The van der Waals surface area contributed by atoms with Gasteiger partial charge in [0.15, 0.2) is 0 Å². The van der Waals surface area contributed by atoms with Gasteiger partial charge in [-0.3, -0.25) is 10.1 Å². The predicted octanol–water partition coefficient (Wildman–Crippen LogP) is 2.06. The summed E-state index contributed by atoms with van der Waals surface area (Å²) in [4.78, 5) is 9.79. The number of nitro benzene ring substituents is 1. The number of rotatable bonds is 2. The van der Waals surface area contributed by atoms with Gasteiger partial charge in [-0.15, -0.1) is 0 Å². The Balaban J connectivity index is 3.18. The summed E-state index contributed by atoms with van der Waals surface area (Å²) < 4.78 is 0. The van der Waals surface area contributed by atoms with Crippen molar-refractivity contribution in [2.24, 2.45) is 5.16 Å². The highest BCUT2D eigenvalue weighted by Crippen LogP contribution is 2.24. The lowest BCUT2D eigenvalue weighted by atomic mass is 10.2. The number of hydrogen-bond acceptors (Lipinski definition) is 4. The van der Waals surface area contributed by atoms with Crippen LogP contribution < -0.4 is 0 Å². The van der Waals surface area contributed by atoms with Crippen molar-refractivity contribution in [3.63, 3.8) is 0 Å². The van der Waals surface area contributed by atoms with Crippen LogP contribution in [0.5, 0.6) is 0 Å². The van der Waals surface area contributed by atoms with Crippen LogP contribution in [0, 0.1) is 10.1 Å². The minimum absolute atomic E-state index is 0.0556. The molecule has 5 nitrogen and oxygen atoms in total. The molecule has 1 aromatic rings. The summed E-state index contributed by atoms with van der Waals surface area (Å²) in [6, 6.07) is 4.10. The van der Waals surface area contributed by atoms with E-state index in [9.17, 15) is 10.1 Å². The van der Waals surface area contributed by atoms with Gasteiger partial charge in [-0.25, -0.2) is 0 Å². The number of halogens is 1. The molecule has 0 aliphatic carbocycles. The lowest BCUT2D eigenvalue weighted by molar-refractivity contribution is -0.384. The van der Waals surface area contributed by atoms with Crippen molar-refractivity contribution in [2.75, 3.05) is 0 Å². The maximum atomic E-state index is 10.4. The van der Waals surface area contributed by atoms with E-state index in [0.717, 1.165) is 6.21 Å². The smallest absolute Gasteiger partial charge is 0.288 e. The van der Waals surface area contributed by atoms with E-state index >= 15 is 0 Å². The van der Waals surface area contributed by atoms with Gasteiger partial charge in [-0.1, -0.05) is 22.8 Å². The maximum Gasteiger partial charge on any atom is 0.288 e. The van der Waals surface area contributed by atoms with Crippen LogP contribution in [0.25, 0.3) is 0 Å². The van der Waals surface area contributed by atoms with Crippen LogP contribution in [-0.4, -0.2) is 16.3 Å². The zero-order valence-electron chi connectivity index (χ0n) is 6.35. The van der Waals surface area contributed by atoms with E-state index in [-0.39, 0.29) is 10.7 Å². The molecule has 6 heteroatoms. The summed E-state index contributed by atoms with van der Waals surface area (Å²) in [6.07, 6.45) is 1.09. The molecule has 1 N–H and O–H groups in total. The maximum absolute atomic E-state index is 10.4. The van der Waals surface area contributed by atoms with Gasteiger partial charge in [0, 0.05) is 11.6 Å². The molecule has 0 heterocycles. The standard InChI is InChI=1S/C7H5ClN2O3/c8-6-2-1-5(4-9-11)3-7(6)10(12)13/h1-4,11H/b9-4+. The molecule has 0 bridgehead atoms. The van der Waals surface area contributed by atoms with Crippen molar-refractivity contribution in [3.8, 4) is 0 Å². The van der Waals surface area contributed by atoms with E-state index in [2.05, 4.69) is 5.16 Å². The molecule has 0 radical (unpaired) electrons. The van der Waals surface area contributed by atoms with Crippen molar-refractivity contribution in [1.29, 1.82) is 0 Å².